The molecule has 2 aromatic carbocycles. The summed E-state index contributed by atoms with van der Waals surface area (Å²) in [5.41, 5.74) is 1.93. The molecule has 1 N–H and O–H groups in total. The number of piperazine rings is 1. The maximum atomic E-state index is 13.0. The average molecular weight is 467 g/mol. The summed E-state index contributed by atoms with van der Waals surface area (Å²) < 4.78 is 28.7. The molecular weight excluding hydrogens is 436 g/mol. The minimum Gasteiger partial charge on any atom is -0.368 e. The van der Waals surface area contributed by atoms with Crippen LogP contribution in [0.4, 0.5) is 11.4 Å². The standard InChI is InChI=1S/C25H30N4O3S/c1-25(2,3)18-23(30)29-16-14-28(15-17-29)21-11-9-20(10-12-21)27-33(31,32)22-8-4-6-19-7-5-13-26-24(19)22/h4-13,27H,14-18H2,1-3H3. The number of fused-ring (bicyclic) bond motifs is 1. The topological polar surface area (TPSA) is 82.6 Å². The van der Waals surface area contributed by atoms with Gasteiger partial charge in [0.25, 0.3) is 10.0 Å². The number of carbonyl (C=O) groups excluding carboxylic acids is 1. The summed E-state index contributed by atoms with van der Waals surface area (Å²) in [4.78, 5) is 21.0. The Bertz CT molecular complexity index is 1240. The normalized spacial score (nSPS) is 15.0. The van der Waals surface area contributed by atoms with Gasteiger partial charge in [-0.15, -0.1) is 0 Å². The van der Waals surface area contributed by atoms with Crippen LogP contribution in [0.2, 0.25) is 0 Å². The van der Waals surface area contributed by atoms with Gasteiger partial charge in [0.15, 0.2) is 0 Å². The molecule has 1 aromatic heterocycles. The summed E-state index contributed by atoms with van der Waals surface area (Å²) >= 11 is 0. The fourth-order valence-corrected chi connectivity index (χ4v) is 5.26. The first-order valence-electron chi connectivity index (χ1n) is 11.1. The number of carbonyl (C=O) groups is 1. The molecule has 7 nitrogen and oxygen atoms in total. The van der Waals surface area contributed by atoms with E-state index in [0.29, 0.717) is 30.7 Å². The highest BCUT2D eigenvalue weighted by molar-refractivity contribution is 7.93. The van der Waals surface area contributed by atoms with Crippen molar-refractivity contribution in [2.45, 2.75) is 32.1 Å². The minimum atomic E-state index is -3.78. The van der Waals surface area contributed by atoms with Crippen LogP contribution in [0, 0.1) is 5.41 Å². The van der Waals surface area contributed by atoms with Crippen LogP contribution in [0.5, 0.6) is 0 Å². The van der Waals surface area contributed by atoms with Gasteiger partial charge in [-0.1, -0.05) is 39.0 Å². The average Bonchev–Trinajstić information content (AvgIpc) is 2.78. The Labute approximate surface area is 195 Å². The number of hydrogen-bond donors (Lipinski definition) is 1. The van der Waals surface area contributed by atoms with Crippen molar-refractivity contribution < 1.29 is 13.2 Å². The number of aromatic nitrogens is 1. The Hall–Kier alpha value is -3.13. The Balaban J connectivity index is 1.41. The van der Waals surface area contributed by atoms with Crippen LogP contribution in [0.1, 0.15) is 27.2 Å². The highest BCUT2D eigenvalue weighted by atomic mass is 32.2. The lowest BCUT2D eigenvalue weighted by Crippen LogP contribution is -2.49. The second-order valence-corrected chi connectivity index (χ2v) is 11.2. The summed E-state index contributed by atoms with van der Waals surface area (Å²) in [6.45, 7) is 9.12. The predicted molar refractivity (Wildman–Crippen MR) is 132 cm³/mol. The van der Waals surface area contributed by atoms with Crippen LogP contribution in [0.3, 0.4) is 0 Å². The SMILES string of the molecule is CC(C)(C)CC(=O)N1CCN(c2ccc(NS(=O)(=O)c3cccc4cccnc34)cc2)CC1. The molecule has 0 radical (unpaired) electrons. The molecule has 0 atom stereocenters. The Morgan fingerprint density at radius 1 is 0.970 bits per heavy atom. The number of nitrogens with one attached hydrogen (secondary N) is 1. The Morgan fingerprint density at radius 3 is 2.30 bits per heavy atom. The third kappa shape index (κ3) is 5.45. The fourth-order valence-electron chi connectivity index (χ4n) is 4.02. The second-order valence-electron chi connectivity index (χ2n) is 9.59. The van der Waals surface area contributed by atoms with E-state index in [1.165, 1.54) is 0 Å². The number of rotatable bonds is 5. The molecule has 33 heavy (non-hydrogen) atoms. The first kappa shape index (κ1) is 23.0. The maximum absolute atomic E-state index is 13.0. The molecule has 0 unspecified atom stereocenters. The van der Waals surface area contributed by atoms with Gasteiger partial charge in [-0.25, -0.2) is 8.42 Å². The third-order valence-electron chi connectivity index (χ3n) is 5.68. The van der Waals surface area contributed by atoms with E-state index in [1.54, 1.807) is 36.5 Å². The second kappa shape index (κ2) is 9.02. The van der Waals surface area contributed by atoms with Crippen molar-refractivity contribution in [3.8, 4) is 0 Å². The molecule has 2 heterocycles. The van der Waals surface area contributed by atoms with E-state index in [4.69, 9.17) is 0 Å². The summed E-state index contributed by atoms with van der Waals surface area (Å²) in [5.74, 6) is 0.204. The monoisotopic (exact) mass is 466 g/mol. The predicted octanol–water partition coefficient (Wildman–Crippen LogP) is 4.12. The highest BCUT2D eigenvalue weighted by Gasteiger charge is 2.25. The molecule has 8 heteroatoms. The van der Waals surface area contributed by atoms with Crippen molar-refractivity contribution in [1.29, 1.82) is 0 Å². The number of hydrogen-bond acceptors (Lipinski definition) is 5. The van der Waals surface area contributed by atoms with Crippen LogP contribution >= 0.6 is 0 Å². The molecule has 1 fully saturated rings. The van der Waals surface area contributed by atoms with Gasteiger partial charge < -0.3 is 9.80 Å². The maximum Gasteiger partial charge on any atom is 0.264 e. The summed E-state index contributed by atoms with van der Waals surface area (Å²) in [6.07, 6.45) is 2.14. The van der Waals surface area contributed by atoms with Crippen LogP contribution in [0.15, 0.2) is 65.7 Å². The van der Waals surface area contributed by atoms with Gasteiger partial charge in [-0.05, 0) is 41.8 Å². The van der Waals surface area contributed by atoms with Gasteiger partial charge >= 0.3 is 0 Å². The lowest BCUT2D eigenvalue weighted by atomic mass is 9.91. The summed E-state index contributed by atoms with van der Waals surface area (Å²) in [5, 5.41) is 0.774. The van der Waals surface area contributed by atoms with Gasteiger partial charge in [0.1, 0.15) is 4.90 Å². The number of amides is 1. The summed E-state index contributed by atoms with van der Waals surface area (Å²) in [7, 11) is -3.78. The highest BCUT2D eigenvalue weighted by Crippen LogP contribution is 2.26. The van der Waals surface area contributed by atoms with Gasteiger partial charge in [-0.2, -0.15) is 0 Å². The molecule has 0 saturated carbocycles. The molecule has 1 saturated heterocycles. The van der Waals surface area contributed by atoms with E-state index < -0.39 is 10.0 Å². The van der Waals surface area contributed by atoms with Gasteiger partial charge in [0.05, 0.1) is 5.52 Å². The first-order chi connectivity index (χ1) is 15.6. The number of anilines is 2. The van der Waals surface area contributed by atoms with E-state index in [2.05, 4.69) is 35.4 Å². The van der Waals surface area contributed by atoms with E-state index in [-0.39, 0.29) is 16.2 Å². The molecule has 0 spiro atoms. The van der Waals surface area contributed by atoms with Crippen LogP contribution in [-0.2, 0) is 14.8 Å². The zero-order chi connectivity index (χ0) is 23.6. The van der Waals surface area contributed by atoms with E-state index >= 15 is 0 Å². The molecular formula is C25H30N4O3S. The van der Waals surface area contributed by atoms with Crippen LogP contribution in [0.25, 0.3) is 10.9 Å². The van der Waals surface area contributed by atoms with E-state index in [0.717, 1.165) is 24.2 Å². The molecule has 3 aromatic rings. The van der Waals surface area contributed by atoms with Crippen molar-refractivity contribution in [3.05, 3.63) is 60.8 Å². The molecule has 1 aliphatic rings. The van der Waals surface area contributed by atoms with Crippen molar-refractivity contribution in [2.24, 2.45) is 5.41 Å². The quantitative estimate of drug-likeness (QED) is 0.612. The zero-order valence-corrected chi connectivity index (χ0v) is 20.1. The fraction of sp³-hybridized carbons (Fsp3) is 0.360. The summed E-state index contributed by atoms with van der Waals surface area (Å²) in [6, 6.07) is 16.1. The lowest BCUT2D eigenvalue weighted by molar-refractivity contribution is -0.133. The molecule has 1 aliphatic heterocycles. The van der Waals surface area contributed by atoms with Crippen molar-refractivity contribution in [3.63, 3.8) is 0 Å². The van der Waals surface area contributed by atoms with Crippen molar-refractivity contribution >= 4 is 38.2 Å². The largest absolute Gasteiger partial charge is 0.368 e. The number of pyridine rings is 1. The Morgan fingerprint density at radius 2 is 1.64 bits per heavy atom. The lowest BCUT2D eigenvalue weighted by Gasteiger charge is -2.37. The van der Waals surface area contributed by atoms with Crippen molar-refractivity contribution in [1.82, 2.24) is 9.88 Å². The van der Waals surface area contributed by atoms with Crippen LogP contribution in [-0.4, -0.2) is 50.4 Å². The molecule has 0 aliphatic carbocycles. The van der Waals surface area contributed by atoms with E-state index in [1.807, 2.05) is 29.2 Å². The van der Waals surface area contributed by atoms with Crippen molar-refractivity contribution in [2.75, 3.05) is 35.8 Å². The first-order valence-corrected chi connectivity index (χ1v) is 12.6. The number of nitrogens with zero attached hydrogens (tertiary/aromatic N) is 3. The van der Waals surface area contributed by atoms with Crippen LogP contribution < -0.4 is 9.62 Å². The number of benzene rings is 2. The molecule has 0 bridgehead atoms. The molecule has 4 rings (SSSR count). The van der Waals surface area contributed by atoms with Gasteiger partial charge in [-0.3, -0.25) is 14.5 Å². The minimum absolute atomic E-state index is 0.0144. The third-order valence-corrected chi connectivity index (χ3v) is 7.10. The zero-order valence-electron chi connectivity index (χ0n) is 19.3. The smallest absolute Gasteiger partial charge is 0.264 e. The molecule has 174 valence electrons. The van der Waals surface area contributed by atoms with E-state index in [9.17, 15) is 13.2 Å². The van der Waals surface area contributed by atoms with Gasteiger partial charge in [0.2, 0.25) is 5.91 Å². The molecule has 1 amide bonds. The van der Waals surface area contributed by atoms with Gasteiger partial charge in [0, 0.05) is 55.6 Å². The number of para-hydroxylation sites is 1. The Kier molecular flexibility index (Phi) is 6.30. The number of sulfonamides is 1.